The Morgan fingerprint density at radius 2 is 1.96 bits per heavy atom. The third kappa shape index (κ3) is 3.60. The number of carbonyl (C=O) groups excluding carboxylic acids is 1. The third-order valence-electron chi connectivity index (χ3n) is 3.39. The van der Waals surface area contributed by atoms with E-state index in [1.807, 2.05) is 62.5 Å². The molecule has 0 bridgehead atoms. The maximum Gasteiger partial charge on any atom is 0.419 e. The van der Waals surface area contributed by atoms with Crippen molar-refractivity contribution in [3.63, 3.8) is 0 Å². The van der Waals surface area contributed by atoms with E-state index < -0.39 is 22.5 Å². The highest BCUT2D eigenvalue weighted by molar-refractivity contribution is 7.86. The first-order valence-electron chi connectivity index (χ1n) is 7.59. The van der Waals surface area contributed by atoms with E-state index in [1.165, 1.54) is 15.9 Å². The van der Waals surface area contributed by atoms with Gasteiger partial charge in [-0.15, -0.1) is 11.3 Å². The predicted molar refractivity (Wildman–Crippen MR) is 98.0 cm³/mol. The van der Waals surface area contributed by atoms with Crippen LogP contribution < -0.4 is 0 Å². The molecular weight excluding hydrogens is 342 g/mol. The molecule has 3 aromatic rings. The van der Waals surface area contributed by atoms with Crippen LogP contribution in [0, 0.1) is 0 Å². The fourth-order valence-electron chi connectivity index (χ4n) is 2.43. The van der Waals surface area contributed by atoms with Crippen molar-refractivity contribution < 1.29 is 13.7 Å². The van der Waals surface area contributed by atoms with Crippen LogP contribution in [0.15, 0.2) is 52.2 Å². The van der Waals surface area contributed by atoms with Gasteiger partial charge in [0.2, 0.25) is 0 Å². The molecule has 4 nitrogen and oxygen atoms in total. The Bertz CT molecular complexity index is 889. The summed E-state index contributed by atoms with van der Waals surface area (Å²) >= 11 is 1.48. The molecular formula is C18H19NO3S2. The van der Waals surface area contributed by atoms with Crippen LogP contribution in [0.1, 0.15) is 26.3 Å². The average Bonchev–Trinajstić information content (AvgIpc) is 3.14. The zero-order valence-corrected chi connectivity index (χ0v) is 15.4. The number of carbonyl (C=O) groups is 1. The van der Waals surface area contributed by atoms with Gasteiger partial charge >= 0.3 is 6.09 Å². The highest BCUT2D eigenvalue weighted by Crippen LogP contribution is 2.26. The molecule has 0 saturated carbocycles. The minimum Gasteiger partial charge on any atom is -0.443 e. The van der Waals surface area contributed by atoms with Gasteiger partial charge in [-0.3, -0.25) is 8.78 Å². The lowest BCUT2D eigenvalue weighted by atomic mass is 10.2. The predicted octanol–water partition coefficient (Wildman–Crippen LogP) is 4.79. The third-order valence-corrected chi connectivity index (χ3v) is 6.06. The first-order chi connectivity index (χ1) is 11.3. The Labute approximate surface area is 147 Å². The quantitative estimate of drug-likeness (QED) is 0.674. The molecule has 1 unspecified atom stereocenters. The van der Waals surface area contributed by atoms with Crippen molar-refractivity contribution in [1.82, 2.24) is 4.57 Å². The molecule has 0 aliphatic heterocycles. The largest absolute Gasteiger partial charge is 0.443 e. The average molecular weight is 361 g/mol. The fraction of sp³-hybridized carbons (Fsp3) is 0.278. The highest BCUT2D eigenvalue weighted by Gasteiger charge is 2.21. The molecule has 0 saturated heterocycles. The molecule has 126 valence electrons. The molecule has 2 aromatic heterocycles. The Balaban J connectivity index is 1.97. The first kappa shape index (κ1) is 16.9. The number of nitrogens with zero attached hydrogens (tertiary/aromatic N) is 1. The number of aromatic nitrogens is 1. The molecule has 24 heavy (non-hydrogen) atoms. The van der Waals surface area contributed by atoms with E-state index in [-0.39, 0.29) is 0 Å². The van der Waals surface area contributed by atoms with E-state index in [2.05, 4.69) is 0 Å². The summed E-state index contributed by atoms with van der Waals surface area (Å²) < 4.78 is 20.3. The summed E-state index contributed by atoms with van der Waals surface area (Å²) in [5.74, 6) is 0.372. The molecule has 0 aliphatic rings. The van der Waals surface area contributed by atoms with Crippen LogP contribution >= 0.6 is 11.3 Å². The minimum absolute atomic E-state index is 0.372. The lowest BCUT2D eigenvalue weighted by Crippen LogP contribution is -2.26. The Hall–Kier alpha value is -1.92. The number of rotatable bonds is 3. The lowest BCUT2D eigenvalue weighted by Gasteiger charge is -2.19. The van der Waals surface area contributed by atoms with Crippen molar-refractivity contribution in [3.05, 3.63) is 53.5 Å². The van der Waals surface area contributed by atoms with Gasteiger partial charge in [-0.2, -0.15) is 0 Å². The van der Waals surface area contributed by atoms with Crippen molar-refractivity contribution in [2.45, 2.75) is 36.3 Å². The van der Waals surface area contributed by atoms with Crippen LogP contribution in [0.2, 0.25) is 0 Å². The number of hydrogen-bond acceptors (Lipinski definition) is 4. The molecule has 0 aliphatic carbocycles. The zero-order valence-electron chi connectivity index (χ0n) is 13.8. The van der Waals surface area contributed by atoms with Crippen molar-refractivity contribution in [3.8, 4) is 0 Å². The molecule has 0 N–H and O–H groups in total. The van der Waals surface area contributed by atoms with Gasteiger partial charge in [0, 0.05) is 11.6 Å². The Kier molecular flexibility index (Phi) is 4.60. The Morgan fingerprint density at radius 3 is 2.62 bits per heavy atom. The maximum absolute atomic E-state index is 12.5. The van der Waals surface area contributed by atoms with Gasteiger partial charge in [0.05, 0.1) is 26.3 Å². The van der Waals surface area contributed by atoms with Crippen LogP contribution in [-0.4, -0.2) is 20.5 Å². The summed E-state index contributed by atoms with van der Waals surface area (Å²) in [6.07, 6.45) is 1.32. The lowest BCUT2D eigenvalue weighted by molar-refractivity contribution is 0.0544. The summed E-state index contributed by atoms with van der Waals surface area (Å²) in [6.45, 7) is 5.51. The van der Waals surface area contributed by atoms with E-state index in [1.54, 1.807) is 6.20 Å². The topological polar surface area (TPSA) is 48.3 Å². The van der Waals surface area contributed by atoms with Gasteiger partial charge in [-0.25, -0.2) is 4.79 Å². The number of ether oxygens (including phenoxy) is 1. The summed E-state index contributed by atoms with van der Waals surface area (Å²) in [6, 6.07) is 11.4. The summed E-state index contributed by atoms with van der Waals surface area (Å²) in [5.41, 5.74) is 1.08. The standard InChI is InChI=1S/C18H19NO3S2/c1-18(2,3)22-17(20)19-11-13(14-7-4-5-8-15(14)19)12-24(21)16-9-6-10-23-16/h4-11H,12H2,1-3H3. The molecule has 2 heterocycles. The molecule has 1 atom stereocenters. The number of para-hydroxylation sites is 1. The van der Waals surface area contributed by atoms with E-state index >= 15 is 0 Å². The van der Waals surface area contributed by atoms with Crippen LogP contribution in [0.3, 0.4) is 0 Å². The molecule has 0 amide bonds. The van der Waals surface area contributed by atoms with Gasteiger partial charge in [-0.05, 0) is 43.8 Å². The van der Waals surface area contributed by atoms with E-state index in [0.717, 1.165) is 20.7 Å². The summed E-state index contributed by atoms with van der Waals surface area (Å²) in [5, 5.41) is 2.84. The second-order valence-electron chi connectivity index (χ2n) is 6.44. The van der Waals surface area contributed by atoms with Crippen molar-refractivity contribution in [1.29, 1.82) is 0 Å². The fourth-order valence-corrected chi connectivity index (χ4v) is 4.54. The minimum atomic E-state index is -1.13. The number of benzene rings is 1. The second kappa shape index (κ2) is 6.53. The summed E-state index contributed by atoms with van der Waals surface area (Å²) in [7, 11) is -1.13. The normalized spacial score (nSPS) is 13.1. The van der Waals surface area contributed by atoms with E-state index in [0.29, 0.717) is 5.75 Å². The van der Waals surface area contributed by atoms with Crippen molar-refractivity contribution in [2.24, 2.45) is 0 Å². The first-order valence-corrected chi connectivity index (χ1v) is 9.79. The van der Waals surface area contributed by atoms with Crippen LogP contribution in [0.5, 0.6) is 0 Å². The molecule has 0 spiro atoms. The number of fused-ring (bicyclic) bond motifs is 1. The molecule has 0 fully saturated rings. The SMILES string of the molecule is CC(C)(C)OC(=O)n1cc(CS(=O)c2cccs2)c2ccccc21. The highest BCUT2D eigenvalue weighted by atomic mass is 32.2. The molecule has 1 aromatic carbocycles. The number of hydrogen-bond donors (Lipinski definition) is 0. The van der Waals surface area contributed by atoms with Gasteiger partial charge < -0.3 is 4.74 Å². The van der Waals surface area contributed by atoms with Gasteiger partial charge in [0.1, 0.15) is 5.60 Å². The van der Waals surface area contributed by atoms with Gasteiger partial charge in [0.15, 0.2) is 0 Å². The van der Waals surface area contributed by atoms with Gasteiger partial charge in [-0.1, -0.05) is 24.3 Å². The zero-order chi connectivity index (χ0) is 17.3. The monoisotopic (exact) mass is 361 g/mol. The number of thiophene rings is 1. The van der Waals surface area contributed by atoms with Gasteiger partial charge in [0.25, 0.3) is 0 Å². The van der Waals surface area contributed by atoms with Crippen LogP contribution in [0.4, 0.5) is 4.79 Å². The van der Waals surface area contributed by atoms with Crippen molar-refractivity contribution >= 4 is 39.1 Å². The summed E-state index contributed by atoms with van der Waals surface area (Å²) in [4.78, 5) is 12.5. The van der Waals surface area contributed by atoms with Crippen LogP contribution in [0.25, 0.3) is 10.9 Å². The molecule has 3 rings (SSSR count). The molecule has 6 heteroatoms. The Morgan fingerprint density at radius 1 is 1.21 bits per heavy atom. The molecule has 0 radical (unpaired) electrons. The second-order valence-corrected chi connectivity index (χ2v) is 9.07. The smallest absolute Gasteiger partial charge is 0.419 e. The van der Waals surface area contributed by atoms with E-state index in [9.17, 15) is 9.00 Å². The van der Waals surface area contributed by atoms with E-state index in [4.69, 9.17) is 4.74 Å². The van der Waals surface area contributed by atoms with Crippen molar-refractivity contribution in [2.75, 3.05) is 0 Å². The van der Waals surface area contributed by atoms with Crippen LogP contribution in [-0.2, 0) is 21.3 Å². The maximum atomic E-state index is 12.5.